The largest absolute Gasteiger partial charge is 0.379 e. The minimum Gasteiger partial charge on any atom is -0.379 e. The van der Waals surface area contributed by atoms with Crippen LogP contribution in [0.25, 0.3) is 6.08 Å². The van der Waals surface area contributed by atoms with E-state index >= 15 is 0 Å². The van der Waals surface area contributed by atoms with Gasteiger partial charge in [0.2, 0.25) is 0 Å². The highest BCUT2D eigenvalue weighted by Gasteiger charge is 2.33. The van der Waals surface area contributed by atoms with Crippen LogP contribution < -0.4 is 9.08 Å². The molecule has 0 N–H and O–H groups in total. The third kappa shape index (κ3) is 4.71. The molecule has 31 heavy (non-hydrogen) atoms. The smallest absolute Gasteiger partial charge is 0.339 e. The van der Waals surface area contributed by atoms with Crippen LogP contribution in [0.1, 0.15) is 11.1 Å². The molecule has 0 atom stereocenters. The number of hydrogen-bond acceptors (Lipinski definition) is 6. The summed E-state index contributed by atoms with van der Waals surface area (Å²) in [6.45, 7) is 1.88. The predicted octanol–water partition coefficient (Wildman–Crippen LogP) is 5.17. The van der Waals surface area contributed by atoms with Crippen LogP contribution in [0.4, 0.5) is 5.69 Å². The first-order valence-electron chi connectivity index (χ1n) is 9.28. The van der Waals surface area contributed by atoms with Crippen molar-refractivity contribution in [2.45, 2.75) is 11.8 Å². The van der Waals surface area contributed by atoms with Gasteiger partial charge in [-0.2, -0.15) is 8.42 Å². The number of thiocarbonyl (C=S) groups is 1. The van der Waals surface area contributed by atoms with E-state index in [0.29, 0.717) is 20.5 Å². The molecule has 0 aliphatic carbocycles. The number of benzene rings is 3. The Morgan fingerprint density at radius 1 is 0.968 bits per heavy atom. The molecular formula is C23H17NO4S3. The van der Waals surface area contributed by atoms with Crippen LogP contribution in [0.3, 0.4) is 0 Å². The number of para-hydroxylation sites is 1. The van der Waals surface area contributed by atoms with Gasteiger partial charge < -0.3 is 4.18 Å². The van der Waals surface area contributed by atoms with Crippen molar-refractivity contribution in [3.63, 3.8) is 0 Å². The zero-order chi connectivity index (χ0) is 22.0. The molecular weight excluding hydrogens is 450 g/mol. The topological polar surface area (TPSA) is 63.7 Å². The second kappa shape index (κ2) is 8.66. The van der Waals surface area contributed by atoms with Crippen LogP contribution in [-0.2, 0) is 14.9 Å². The molecule has 156 valence electrons. The predicted molar refractivity (Wildman–Crippen MR) is 128 cm³/mol. The summed E-state index contributed by atoms with van der Waals surface area (Å²) < 4.78 is 30.8. The molecule has 1 aliphatic rings. The second-order valence-corrected chi connectivity index (χ2v) is 10.00. The van der Waals surface area contributed by atoms with Gasteiger partial charge in [-0.3, -0.25) is 9.69 Å². The first-order valence-corrected chi connectivity index (χ1v) is 11.9. The van der Waals surface area contributed by atoms with Crippen molar-refractivity contribution in [1.29, 1.82) is 0 Å². The van der Waals surface area contributed by atoms with Gasteiger partial charge in [0.15, 0.2) is 4.32 Å². The Morgan fingerprint density at radius 3 is 2.39 bits per heavy atom. The summed E-state index contributed by atoms with van der Waals surface area (Å²) in [6, 6.07) is 22.2. The number of rotatable bonds is 5. The van der Waals surface area contributed by atoms with E-state index in [1.54, 1.807) is 42.5 Å². The molecule has 1 saturated heterocycles. The maximum Gasteiger partial charge on any atom is 0.339 e. The third-order valence-electron chi connectivity index (χ3n) is 4.48. The van der Waals surface area contributed by atoms with Crippen LogP contribution >= 0.6 is 24.0 Å². The lowest BCUT2D eigenvalue weighted by atomic mass is 10.2. The summed E-state index contributed by atoms with van der Waals surface area (Å²) in [5.74, 6) is -0.0624. The van der Waals surface area contributed by atoms with E-state index in [1.807, 2.05) is 37.3 Å². The molecule has 1 heterocycles. The molecule has 4 rings (SSSR count). The SMILES string of the molecule is Cc1ccc(S(=O)(=O)Oc2cccc(C=C3SC(=S)N(c4ccccc4)C3=O)c2)cc1. The van der Waals surface area contributed by atoms with Gasteiger partial charge in [-0.15, -0.1) is 0 Å². The summed E-state index contributed by atoms with van der Waals surface area (Å²) in [6.07, 6.45) is 1.67. The molecule has 8 heteroatoms. The highest BCUT2D eigenvalue weighted by Crippen LogP contribution is 2.36. The maximum atomic E-state index is 12.9. The molecule has 1 amide bonds. The first kappa shape index (κ1) is 21.3. The van der Waals surface area contributed by atoms with Gasteiger partial charge in [0.1, 0.15) is 10.6 Å². The number of anilines is 1. The Bertz CT molecular complexity index is 1280. The van der Waals surface area contributed by atoms with E-state index < -0.39 is 10.1 Å². The van der Waals surface area contributed by atoms with Crippen molar-refractivity contribution < 1.29 is 17.4 Å². The summed E-state index contributed by atoms with van der Waals surface area (Å²) in [5, 5.41) is 0. The number of amides is 1. The third-order valence-corrected chi connectivity index (χ3v) is 7.04. The van der Waals surface area contributed by atoms with Crippen LogP contribution in [0.2, 0.25) is 0 Å². The molecule has 0 radical (unpaired) electrons. The van der Waals surface area contributed by atoms with Crippen molar-refractivity contribution >= 4 is 56.1 Å². The van der Waals surface area contributed by atoms with E-state index in [2.05, 4.69) is 0 Å². The van der Waals surface area contributed by atoms with Crippen LogP contribution in [0, 0.1) is 6.92 Å². The van der Waals surface area contributed by atoms with Crippen molar-refractivity contribution in [3.05, 3.63) is 94.9 Å². The maximum absolute atomic E-state index is 12.9. The summed E-state index contributed by atoms with van der Waals surface area (Å²) in [7, 11) is -3.96. The summed E-state index contributed by atoms with van der Waals surface area (Å²) in [5.41, 5.74) is 2.29. The summed E-state index contributed by atoms with van der Waals surface area (Å²) >= 11 is 6.58. The standard InChI is InChI=1S/C23H17NO4S3/c1-16-10-12-20(13-11-16)31(26,27)28-19-9-5-6-17(14-19)15-21-22(25)24(23(29)30-21)18-7-3-2-4-8-18/h2-15H,1H3. The fraction of sp³-hybridized carbons (Fsp3) is 0.0435. The Morgan fingerprint density at radius 2 is 1.68 bits per heavy atom. The van der Waals surface area contributed by atoms with E-state index in [4.69, 9.17) is 16.4 Å². The van der Waals surface area contributed by atoms with Crippen molar-refractivity contribution in [2.75, 3.05) is 4.90 Å². The molecule has 0 saturated carbocycles. The monoisotopic (exact) mass is 467 g/mol. The average Bonchev–Trinajstić information content (AvgIpc) is 3.02. The van der Waals surface area contributed by atoms with Crippen LogP contribution in [0.15, 0.2) is 88.7 Å². The Labute approximate surface area is 190 Å². The van der Waals surface area contributed by atoms with Crippen LogP contribution in [0.5, 0.6) is 5.75 Å². The van der Waals surface area contributed by atoms with Crippen molar-refractivity contribution in [2.24, 2.45) is 0 Å². The number of hydrogen-bond donors (Lipinski definition) is 0. The number of carbonyl (C=O) groups is 1. The molecule has 0 unspecified atom stereocenters. The van der Waals surface area contributed by atoms with Gasteiger partial charge in [0.25, 0.3) is 5.91 Å². The first-order chi connectivity index (χ1) is 14.8. The van der Waals surface area contributed by atoms with E-state index in [1.165, 1.54) is 28.8 Å². The number of aryl methyl sites for hydroxylation is 1. The van der Waals surface area contributed by atoms with Gasteiger partial charge in [-0.05, 0) is 55.0 Å². The minimum atomic E-state index is -3.96. The lowest BCUT2D eigenvalue weighted by molar-refractivity contribution is -0.113. The quantitative estimate of drug-likeness (QED) is 0.293. The lowest BCUT2D eigenvalue weighted by Gasteiger charge is -2.13. The molecule has 3 aromatic carbocycles. The molecule has 3 aromatic rings. The Hall–Kier alpha value is -2.94. The number of nitrogens with zero attached hydrogens (tertiary/aromatic N) is 1. The molecule has 0 aromatic heterocycles. The van der Waals surface area contributed by atoms with E-state index in [-0.39, 0.29) is 16.6 Å². The van der Waals surface area contributed by atoms with Gasteiger partial charge in [0, 0.05) is 0 Å². The number of carbonyl (C=O) groups excluding carboxylic acids is 1. The molecule has 5 nitrogen and oxygen atoms in total. The summed E-state index contributed by atoms with van der Waals surface area (Å²) in [4.78, 5) is 14.9. The molecule has 0 spiro atoms. The normalized spacial score (nSPS) is 15.5. The van der Waals surface area contributed by atoms with E-state index in [9.17, 15) is 13.2 Å². The highest BCUT2D eigenvalue weighted by atomic mass is 32.2. The molecule has 0 bridgehead atoms. The Kier molecular flexibility index (Phi) is 5.95. The van der Waals surface area contributed by atoms with Gasteiger partial charge in [-0.1, -0.05) is 72.0 Å². The van der Waals surface area contributed by atoms with Gasteiger partial charge in [0.05, 0.1) is 10.6 Å². The minimum absolute atomic E-state index is 0.0761. The van der Waals surface area contributed by atoms with Crippen molar-refractivity contribution in [3.8, 4) is 5.75 Å². The number of thioether (sulfide) groups is 1. The lowest BCUT2D eigenvalue weighted by Crippen LogP contribution is -2.27. The van der Waals surface area contributed by atoms with Crippen molar-refractivity contribution in [1.82, 2.24) is 0 Å². The fourth-order valence-corrected chi connectivity index (χ4v) is 5.18. The molecule has 1 aliphatic heterocycles. The molecule has 1 fully saturated rings. The average molecular weight is 468 g/mol. The highest BCUT2D eigenvalue weighted by molar-refractivity contribution is 8.27. The zero-order valence-electron chi connectivity index (χ0n) is 16.4. The zero-order valence-corrected chi connectivity index (χ0v) is 18.8. The van der Waals surface area contributed by atoms with Gasteiger partial charge in [-0.25, -0.2) is 0 Å². The second-order valence-electron chi connectivity index (χ2n) is 6.78. The fourth-order valence-electron chi connectivity index (χ4n) is 2.95. The van der Waals surface area contributed by atoms with E-state index in [0.717, 1.165) is 5.56 Å². The van der Waals surface area contributed by atoms with Crippen LogP contribution in [-0.4, -0.2) is 18.6 Å². The Balaban J connectivity index is 1.57. The van der Waals surface area contributed by atoms with Gasteiger partial charge >= 0.3 is 10.1 Å².